The van der Waals surface area contributed by atoms with E-state index in [2.05, 4.69) is 43.9 Å². The number of thioether (sulfide) groups is 1. The number of hydrogen-bond acceptors (Lipinski definition) is 3. The van der Waals surface area contributed by atoms with Gasteiger partial charge in [0, 0.05) is 19.1 Å². The number of likely N-dealkylation sites (N-methyl/N-ethyl adjacent to an activating group) is 2. The summed E-state index contributed by atoms with van der Waals surface area (Å²) in [5.41, 5.74) is 1.27. The molecule has 0 heterocycles. The zero-order chi connectivity index (χ0) is 11.7. The average molecular weight is 230 g/mol. The highest BCUT2D eigenvalue weighted by atomic mass is 32.2. The van der Waals surface area contributed by atoms with Gasteiger partial charge in [-0.1, -0.05) is 13.5 Å². The number of nitrogens with one attached hydrogen (secondary N) is 1. The van der Waals surface area contributed by atoms with Crippen molar-refractivity contribution in [1.82, 2.24) is 10.2 Å². The van der Waals surface area contributed by atoms with Gasteiger partial charge in [-0.2, -0.15) is 11.8 Å². The zero-order valence-electron chi connectivity index (χ0n) is 10.7. The van der Waals surface area contributed by atoms with E-state index >= 15 is 0 Å². The van der Waals surface area contributed by atoms with Crippen molar-refractivity contribution in [2.75, 3.05) is 38.7 Å². The van der Waals surface area contributed by atoms with Gasteiger partial charge in [-0.15, -0.1) is 0 Å². The molecule has 0 aromatic heterocycles. The molecule has 0 aromatic rings. The van der Waals surface area contributed by atoms with Gasteiger partial charge in [-0.25, -0.2) is 0 Å². The summed E-state index contributed by atoms with van der Waals surface area (Å²) in [6, 6.07) is 0.649. The fraction of sp³-hybridized carbons (Fsp3) is 0.833. The van der Waals surface area contributed by atoms with Crippen molar-refractivity contribution in [2.24, 2.45) is 0 Å². The maximum absolute atomic E-state index is 4.09. The minimum absolute atomic E-state index is 0.649. The van der Waals surface area contributed by atoms with Crippen molar-refractivity contribution in [3.05, 3.63) is 12.2 Å². The van der Waals surface area contributed by atoms with Crippen molar-refractivity contribution < 1.29 is 0 Å². The molecular weight excluding hydrogens is 204 g/mol. The Bertz CT molecular complexity index is 171. The molecule has 0 saturated carbocycles. The van der Waals surface area contributed by atoms with E-state index in [1.165, 1.54) is 17.7 Å². The zero-order valence-corrected chi connectivity index (χ0v) is 11.5. The van der Waals surface area contributed by atoms with Gasteiger partial charge in [0.25, 0.3) is 0 Å². The summed E-state index contributed by atoms with van der Waals surface area (Å²) in [5.74, 6) is 1.24. The Balaban J connectivity index is 3.69. The summed E-state index contributed by atoms with van der Waals surface area (Å²) in [4.78, 5) is 2.38. The topological polar surface area (TPSA) is 15.3 Å². The van der Waals surface area contributed by atoms with Gasteiger partial charge in [0.1, 0.15) is 0 Å². The third-order valence-corrected chi connectivity index (χ3v) is 3.23. The first kappa shape index (κ1) is 15.0. The van der Waals surface area contributed by atoms with E-state index < -0.39 is 0 Å². The molecule has 1 atom stereocenters. The molecule has 15 heavy (non-hydrogen) atoms. The van der Waals surface area contributed by atoms with E-state index in [0.717, 1.165) is 19.6 Å². The van der Waals surface area contributed by atoms with Crippen LogP contribution in [0.3, 0.4) is 0 Å². The molecule has 0 rings (SSSR count). The van der Waals surface area contributed by atoms with Crippen molar-refractivity contribution in [3.8, 4) is 0 Å². The molecule has 0 fully saturated rings. The lowest BCUT2D eigenvalue weighted by Gasteiger charge is -2.25. The normalized spacial score (nSPS) is 13.1. The van der Waals surface area contributed by atoms with Crippen LogP contribution in [0.25, 0.3) is 0 Å². The number of nitrogens with zero attached hydrogens (tertiary/aromatic N) is 1. The summed E-state index contributed by atoms with van der Waals surface area (Å²) < 4.78 is 0. The van der Waals surface area contributed by atoms with Gasteiger partial charge >= 0.3 is 0 Å². The van der Waals surface area contributed by atoms with Crippen LogP contribution in [0.4, 0.5) is 0 Å². The van der Waals surface area contributed by atoms with Crippen LogP contribution in [0.5, 0.6) is 0 Å². The Kier molecular flexibility index (Phi) is 9.26. The van der Waals surface area contributed by atoms with Gasteiger partial charge in [0.15, 0.2) is 0 Å². The van der Waals surface area contributed by atoms with Gasteiger partial charge in [-0.05, 0) is 44.5 Å². The minimum Gasteiger partial charge on any atom is -0.313 e. The third kappa shape index (κ3) is 7.88. The molecule has 0 bridgehead atoms. The lowest BCUT2D eigenvalue weighted by Crippen LogP contribution is -2.33. The highest BCUT2D eigenvalue weighted by Crippen LogP contribution is 2.07. The van der Waals surface area contributed by atoms with E-state index in [-0.39, 0.29) is 0 Å². The minimum atomic E-state index is 0.649. The summed E-state index contributed by atoms with van der Waals surface area (Å²) in [7, 11) is 2.18. The fourth-order valence-corrected chi connectivity index (χ4v) is 1.95. The molecule has 0 amide bonds. The fourth-order valence-electron chi connectivity index (χ4n) is 1.38. The van der Waals surface area contributed by atoms with E-state index in [1.54, 1.807) is 0 Å². The maximum Gasteiger partial charge on any atom is 0.0202 e. The van der Waals surface area contributed by atoms with Crippen LogP contribution in [0.15, 0.2) is 12.2 Å². The molecule has 0 aliphatic rings. The Labute approximate surface area is 99.5 Å². The van der Waals surface area contributed by atoms with Crippen LogP contribution >= 0.6 is 11.8 Å². The average Bonchev–Trinajstić information content (AvgIpc) is 2.22. The van der Waals surface area contributed by atoms with Gasteiger partial charge < -0.3 is 5.32 Å². The predicted molar refractivity (Wildman–Crippen MR) is 72.8 cm³/mol. The smallest absolute Gasteiger partial charge is 0.0202 e. The maximum atomic E-state index is 4.09. The van der Waals surface area contributed by atoms with E-state index in [4.69, 9.17) is 0 Å². The van der Waals surface area contributed by atoms with Crippen LogP contribution in [-0.2, 0) is 0 Å². The lowest BCUT2D eigenvalue weighted by atomic mass is 10.2. The second-order valence-corrected chi connectivity index (χ2v) is 5.06. The highest BCUT2D eigenvalue weighted by Gasteiger charge is 2.09. The van der Waals surface area contributed by atoms with Crippen LogP contribution in [0.1, 0.15) is 20.3 Å². The second kappa shape index (κ2) is 9.25. The molecule has 2 nitrogen and oxygen atoms in total. The van der Waals surface area contributed by atoms with Crippen LogP contribution in [0, 0.1) is 0 Å². The molecular formula is C12H26N2S. The monoisotopic (exact) mass is 230 g/mol. The molecule has 0 aliphatic carbocycles. The molecule has 0 saturated heterocycles. The second-order valence-electron chi connectivity index (χ2n) is 4.08. The summed E-state index contributed by atoms with van der Waals surface area (Å²) in [6.07, 6.45) is 3.42. The van der Waals surface area contributed by atoms with E-state index in [1.807, 2.05) is 11.8 Å². The summed E-state index contributed by atoms with van der Waals surface area (Å²) in [6.45, 7) is 11.5. The Hall–Kier alpha value is 0.0100. The molecule has 1 unspecified atom stereocenters. The summed E-state index contributed by atoms with van der Waals surface area (Å²) >= 11 is 1.92. The Morgan fingerprint density at radius 1 is 1.53 bits per heavy atom. The van der Waals surface area contributed by atoms with Crippen LogP contribution in [0.2, 0.25) is 0 Å². The van der Waals surface area contributed by atoms with Crippen LogP contribution < -0.4 is 5.32 Å². The molecule has 0 aliphatic heterocycles. The molecule has 3 heteroatoms. The Morgan fingerprint density at radius 2 is 2.20 bits per heavy atom. The first-order chi connectivity index (χ1) is 7.11. The predicted octanol–water partition coefficient (Wildman–Crippen LogP) is 2.23. The van der Waals surface area contributed by atoms with Crippen molar-refractivity contribution in [3.63, 3.8) is 0 Å². The first-order valence-electron chi connectivity index (χ1n) is 5.68. The lowest BCUT2D eigenvalue weighted by molar-refractivity contribution is 0.272. The largest absolute Gasteiger partial charge is 0.313 e. The first-order valence-corrected chi connectivity index (χ1v) is 7.07. The standard InChI is InChI=1S/C12H26N2S/c1-6-13-9-11(2)10-14(4)12(3)7-8-15-5/h12-13H,2,6-10H2,1,3-5H3. The van der Waals surface area contributed by atoms with Crippen molar-refractivity contribution in [2.45, 2.75) is 26.3 Å². The number of hydrogen-bond donors (Lipinski definition) is 1. The Morgan fingerprint density at radius 3 is 2.73 bits per heavy atom. The SMILES string of the molecule is C=C(CNCC)CN(C)C(C)CCSC. The van der Waals surface area contributed by atoms with Crippen LogP contribution in [-0.4, -0.2) is 49.6 Å². The van der Waals surface area contributed by atoms with Crippen molar-refractivity contribution >= 4 is 11.8 Å². The quantitative estimate of drug-likeness (QED) is 0.612. The third-order valence-electron chi connectivity index (χ3n) is 2.59. The number of rotatable bonds is 9. The molecule has 0 spiro atoms. The highest BCUT2D eigenvalue weighted by molar-refractivity contribution is 7.98. The van der Waals surface area contributed by atoms with Gasteiger partial charge in [0.2, 0.25) is 0 Å². The molecule has 0 aromatic carbocycles. The van der Waals surface area contributed by atoms with Crippen molar-refractivity contribution in [1.29, 1.82) is 0 Å². The molecule has 90 valence electrons. The van der Waals surface area contributed by atoms with E-state index in [9.17, 15) is 0 Å². The van der Waals surface area contributed by atoms with Gasteiger partial charge in [-0.3, -0.25) is 4.90 Å². The van der Waals surface area contributed by atoms with E-state index in [0.29, 0.717) is 6.04 Å². The summed E-state index contributed by atoms with van der Waals surface area (Å²) in [5, 5.41) is 3.31. The molecule has 0 radical (unpaired) electrons. The van der Waals surface area contributed by atoms with Gasteiger partial charge in [0.05, 0.1) is 0 Å². The molecule has 1 N–H and O–H groups in total.